The maximum atomic E-state index is 12.8. The molecule has 0 radical (unpaired) electrons. The zero-order valence-electron chi connectivity index (χ0n) is 14.2. The number of nitrogens with one attached hydrogen (secondary N) is 1. The number of pyridine rings is 1. The summed E-state index contributed by atoms with van der Waals surface area (Å²) < 4.78 is 7.43. The van der Waals surface area contributed by atoms with Crippen molar-refractivity contribution in [2.75, 3.05) is 11.9 Å². The van der Waals surface area contributed by atoms with E-state index < -0.39 is 0 Å². The van der Waals surface area contributed by atoms with E-state index in [1.54, 1.807) is 4.40 Å². The molecule has 0 saturated heterocycles. The summed E-state index contributed by atoms with van der Waals surface area (Å²) >= 11 is 0. The molecule has 0 unspecified atom stereocenters. The summed E-state index contributed by atoms with van der Waals surface area (Å²) in [4.78, 5) is 17.4. The van der Waals surface area contributed by atoms with Crippen molar-refractivity contribution in [3.05, 3.63) is 59.5 Å². The lowest BCUT2D eigenvalue weighted by molar-refractivity contribution is 0.102. The number of hydrogen-bond acceptors (Lipinski definition) is 3. The van der Waals surface area contributed by atoms with Gasteiger partial charge in [-0.15, -0.1) is 0 Å². The van der Waals surface area contributed by atoms with Crippen LogP contribution in [0, 0.1) is 6.92 Å². The van der Waals surface area contributed by atoms with Crippen LogP contribution in [0.2, 0.25) is 0 Å². The van der Waals surface area contributed by atoms with Crippen molar-refractivity contribution in [3.63, 3.8) is 0 Å². The normalized spacial score (nSPS) is 10.8. The van der Waals surface area contributed by atoms with E-state index >= 15 is 0 Å². The molecular formula is C19H21N3O2. The summed E-state index contributed by atoms with van der Waals surface area (Å²) in [6.07, 6.45) is 2.51. The van der Waals surface area contributed by atoms with Gasteiger partial charge < -0.3 is 10.1 Å². The molecule has 24 heavy (non-hydrogen) atoms. The van der Waals surface area contributed by atoms with Crippen LogP contribution in [0.3, 0.4) is 0 Å². The number of carbonyl (C=O) groups is 1. The van der Waals surface area contributed by atoms with Crippen molar-refractivity contribution in [1.82, 2.24) is 9.38 Å². The van der Waals surface area contributed by atoms with Crippen molar-refractivity contribution in [2.24, 2.45) is 0 Å². The van der Waals surface area contributed by atoms with Gasteiger partial charge in [0.25, 0.3) is 5.91 Å². The SMILES string of the molecule is CCOc1cccn2c(C(=O)Nc3cccc(C)c3)c(CC)nc12. The standard InChI is InChI=1S/C19H21N3O2/c1-4-15-17(19(23)20-14-9-6-8-13(3)12-14)22-11-7-10-16(24-5-2)18(22)21-15/h6-12H,4-5H2,1-3H3,(H,20,23). The lowest BCUT2D eigenvalue weighted by Gasteiger charge is -2.08. The highest BCUT2D eigenvalue weighted by atomic mass is 16.5. The number of aromatic nitrogens is 2. The summed E-state index contributed by atoms with van der Waals surface area (Å²) in [6.45, 7) is 6.47. The number of ether oxygens (including phenoxy) is 1. The lowest BCUT2D eigenvalue weighted by Crippen LogP contribution is -2.16. The molecule has 0 fully saturated rings. The average molecular weight is 323 g/mol. The van der Waals surface area contributed by atoms with E-state index in [1.807, 2.05) is 63.4 Å². The fourth-order valence-electron chi connectivity index (χ4n) is 2.76. The number of fused-ring (bicyclic) bond motifs is 1. The summed E-state index contributed by atoms with van der Waals surface area (Å²) in [5.41, 5.74) is 3.85. The monoisotopic (exact) mass is 323 g/mol. The third-order valence-electron chi connectivity index (χ3n) is 3.81. The minimum absolute atomic E-state index is 0.168. The molecule has 0 aliphatic rings. The van der Waals surface area contributed by atoms with Crippen LogP contribution in [-0.4, -0.2) is 21.9 Å². The Bertz CT molecular complexity index is 883. The summed E-state index contributed by atoms with van der Waals surface area (Å²) in [5.74, 6) is 0.517. The Morgan fingerprint density at radius 3 is 2.79 bits per heavy atom. The Labute approximate surface area is 141 Å². The van der Waals surface area contributed by atoms with Crippen LogP contribution in [0.4, 0.5) is 5.69 Å². The third-order valence-corrected chi connectivity index (χ3v) is 3.81. The quantitative estimate of drug-likeness (QED) is 0.776. The second-order valence-corrected chi connectivity index (χ2v) is 5.58. The van der Waals surface area contributed by atoms with Gasteiger partial charge in [-0.05, 0) is 50.1 Å². The number of nitrogens with zero attached hydrogens (tertiary/aromatic N) is 2. The van der Waals surface area contributed by atoms with Crippen LogP contribution in [0.15, 0.2) is 42.6 Å². The number of aryl methyl sites for hydroxylation is 2. The van der Waals surface area contributed by atoms with E-state index in [2.05, 4.69) is 10.3 Å². The largest absolute Gasteiger partial charge is 0.490 e. The molecule has 2 aromatic heterocycles. The lowest BCUT2D eigenvalue weighted by atomic mass is 10.2. The molecule has 0 spiro atoms. The zero-order chi connectivity index (χ0) is 17.1. The summed E-state index contributed by atoms with van der Waals surface area (Å²) in [6, 6.07) is 11.5. The fraction of sp³-hybridized carbons (Fsp3) is 0.263. The van der Waals surface area contributed by atoms with Crippen molar-refractivity contribution >= 4 is 17.2 Å². The Morgan fingerprint density at radius 1 is 1.25 bits per heavy atom. The zero-order valence-corrected chi connectivity index (χ0v) is 14.2. The van der Waals surface area contributed by atoms with Crippen LogP contribution in [-0.2, 0) is 6.42 Å². The van der Waals surface area contributed by atoms with Gasteiger partial charge in [-0.2, -0.15) is 0 Å². The van der Waals surface area contributed by atoms with E-state index in [-0.39, 0.29) is 5.91 Å². The molecule has 124 valence electrons. The highest BCUT2D eigenvalue weighted by Crippen LogP contribution is 2.23. The molecular weight excluding hydrogens is 302 g/mol. The molecule has 2 heterocycles. The highest BCUT2D eigenvalue weighted by Gasteiger charge is 2.20. The van der Waals surface area contributed by atoms with E-state index in [1.165, 1.54) is 0 Å². The van der Waals surface area contributed by atoms with Crippen LogP contribution in [0.5, 0.6) is 5.75 Å². The minimum atomic E-state index is -0.168. The number of carbonyl (C=O) groups excluding carboxylic acids is 1. The number of imidazole rings is 1. The molecule has 5 nitrogen and oxygen atoms in total. The molecule has 1 aromatic carbocycles. The molecule has 5 heteroatoms. The molecule has 1 N–H and O–H groups in total. The highest BCUT2D eigenvalue weighted by molar-refractivity contribution is 6.04. The van der Waals surface area contributed by atoms with Crippen LogP contribution < -0.4 is 10.1 Å². The van der Waals surface area contributed by atoms with E-state index in [0.29, 0.717) is 30.1 Å². The third kappa shape index (κ3) is 2.97. The Morgan fingerprint density at radius 2 is 2.08 bits per heavy atom. The molecule has 0 saturated carbocycles. The van der Waals surface area contributed by atoms with Gasteiger partial charge >= 0.3 is 0 Å². The maximum absolute atomic E-state index is 12.8. The predicted octanol–water partition coefficient (Wildman–Crippen LogP) is 3.86. The Balaban J connectivity index is 2.04. The molecule has 0 atom stereocenters. The second kappa shape index (κ2) is 6.74. The van der Waals surface area contributed by atoms with Crippen LogP contribution in [0.25, 0.3) is 5.65 Å². The number of rotatable bonds is 5. The molecule has 3 aromatic rings. The van der Waals surface area contributed by atoms with Crippen LogP contribution in [0.1, 0.15) is 35.6 Å². The van der Waals surface area contributed by atoms with Gasteiger partial charge in [0.1, 0.15) is 5.69 Å². The van der Waals surface area contributed by atoms with Gasteiger partial charge in [0.2, 0.25) is 0 Å². The topological polar surface area (TPSA) is 55.6 Å². The number of amides is 1. The first kappa shape index (κ1) is 16.1. The minimum Gasteiger partial charge on any atom is -0.490 e. The first-order chi connectivity index (χ1) is 11.6. The van der Waals surface area contributed by atoms with Gasteiger partial charge in [-0.3, -0.25) is 9.20 Å². The van der Waals surface area contributed by atoms with Gasteiger partial charge in [0.05, 0.1) is 12.3 Å². The fourth-order valence-corrected chi connectivity index (χ4v) is 2.76. The molecule has 0 bridgehead atoms. The summed E-state index contributed by atoms with van der Waals surface area (Å²) in [5, 5.41) is 2.96. The smallest absolute Gasteiger partial charge is 0.274 e. The van der Waals surface area contributed by atoms with Crippen LogP contribution >= 0.6 is 0 Å². The van der Waals surface area contributed by atoms with Gasteiger partial charge in [0.15, 0.2) is 11.4 Å². The average Bonchev–Trinajstić information content (AvgIpc) is 2.95. The number of anilines is 1. The summed E-state index contributed by atoms with van der Waals surface area (Å²) in [7, 11) is 0. The molecule has 0 aliphatic carbocycles. The second-order valence-electron chi connectivity index (χ2n) is 5.58. The van der Waals surface area contributed by atoms with Crippen molar-refractivity contribution in [1.29, 1.82) is 0 Å². The molecule has 1 amide bonds. The van der Waals surface area contributed by atoms with Gasteiger partial charge in [0, 0.05) is 11.9 Å². The predicted molar refractivity (Wildman–Crippen MR) is 94.9 cm³/mol. The van der Waals surface area contributed by atoms with Gasteiger partial charge in [-0.1, -0.05) is 19.1 Å². The van der Waals surface area contributed by atoms with Crippen molar-refractivity contribution in [3.8, 4) is 5.75 Å². The van der Waals surface area contributed by atoms with Crippen molar-refractivity contribution < 1.29 is 9.53 Å². The molecule has 0 aliphatic heterocycles. The molecule has 3 rings (SSSR count). The number of benzene rings is 1. The Hall–Kier alpha value is -2.82. The van der Waals surface area contributed by atoms with E-state index in [0.717, 1.165) is 16.9 Å². The first-order valence-corrected chi connectivity index (χ1v) is 8.14. The Kier molecular flexibility index (Phi) is 4.51. The maximum Gasteiger partial charge on any atom is 0.274 e. The van der Waals surface area contributed by atoms with E-state index in [9.17, 15) is 4.79 Å². The van der Waals surface area contributed by atoms with Gasteiger partial charge in [-0.25, -0.2) is 4.98 Å². The number of hydrogen-bond donors (Lipinski definition) is 1. The van der Waals surface area contributed by atoms with Crippen molar-refractivity contribution in [2.45, 2.75) is 27.2 Å². The van der Waals surface area contributed by atoms with E-state index in [4.69, 9.17) is 4.74 Å². The first-order valence-electron chi connectivity index (χ1n) is 8.14.